The van der Waals surface area contributed by atoms with Crippen molar-refractivity contribution in [1.29, 1.82) is 0 Å². The van der Waals surface area contributed by atoms with Crippen LogP contribution in [0.1, 0.15) is 38.5 Å². The fourth-order valence-corrected chi connectivity index (χ4v) is 4.87. The van der Waals surface area contributed by atoms with Gasteiger partial charge in [0.2, 0.25) is 15.9 Å². The van der Waals surface area contributed by atoms with Gasteiger partial charge in [0, 0.05) is 26.2 Å². The lowest BCUT2D eigenvalue weighted by atomic mass is 9.98. The van der Waals surface area contributed by atoms with E-state index in [9.17, 15) is 22.8 Å². The van der Waals surface area contributed by atoms with Crippen molar-refractivity contribution in [2.45, 2.75) is 50.1 Å². The maximum Gasteiger partial charge on any atom is 0.325 e. The number of hydrogen-bond acceptors (Lipinski definition) is 5. The van der Waals surface area contributed by atoms with Crippen molar-refractivity contribution in [1.82, 2.24) is 19.4 Å². The largest absolute Gasteiger partial charge is 0.341 e. The second kappa shape index (κ2) is 6.80. The Morgan fingerprint density at radius 2 is 1.81 bits per heavy atom. The first kappa shape index (κ1) is 19.1. The Morgan fingerprint density at radius 3 is 2.35 bits per heavy atom. The monoisotopic (exact) mass is 386 g/mol. The number of imide groups is 1. The summed E-state index contributed by atoms with van der Waals surface area (Å²) in [5.41, 5.74) is -0.803. The average Bonchev–Trinajstić information content (AvgIpc) is 3.14. The molecule has 0 unspecified atom stereocenters. The maximum atomic E-state index is 12.6. The van der Waals surface area contributed by atoms with Gasteiger partial charge in [-0.1, -0.05) is 12.8 Å². The van der Waals surface area contributed by atoms with Crippen molar-refractivity contribution in [2.24, 2.45) is 0 Å². The topological polar surface area (TPSA) is 107 Å². The van der Waals surface area contributed by atoms with Gasteiger partial charge >= 0.3 is 6.03 Å². The molecule has 1 aliphatic carbocycles. The molecule has 1 N–H and O–H groups in total. The van der Waals surface area contributed by atoms with Gasteiger partial charge in [0.1, 0.15) is 12.1 Å². The van der Waals surface area contributed by atoms with Gasteiger partial charge in [-0.3, -0.25) is 14.5 Å². The molecule has 146 valence electrons. The molecule has 0 aromatic carbocycles. The lowest BCUT2D eigenvalue weighted by Gasteiger charge is -2.36. The second-order valence-corrected chi connectivity index (χ2v) is 9.54. The Bertz CT molecular complexity index is 708. The summed E-state index contributed by atoms with van der Waals surface area (Å²) in [6.07, 6.45) is 5.31. The smallest absolute Gasteiger partial charge is 0.325 e. The van der Waals surface area contributed by atoms with Crippen LogP contribution in [0.3, 0.4) is 0 Å². The highest BCUT2D eigenvalue weighted by Gasteiger charge is 2.52. The Morgan fingerprint density at radius 1 is 1.23 bits per heavy atom. The standard InChI is InChI=1S/C16H26N4O5S/c1-18(26(2,24)25)12-5-9-19(10-6-12)13(21)11-20-14(22)16(17-15(20)23)7-3-4-8-16/h12H,3-11H2,1-2H3,(H,17,23). The molecule has 0 aromatic rings. The van der Waals surface area contributed by atoms with E-state index in [1.165, 1.54) is 10.6 Å². The third-order valence-corrected chi connectivity index (χ3v) is 7.20. The van der Waals surface area contributed by atoms with Crippen LogP contribution in [0, 0.1) is 0 Å². The zero-order valence-corrected chi connectivity index (χ0v) is 16.0. The lowest BCUT2D eigenvalue weighted by Crippen LogP contribution is -2.50. The number of rotatable bonds is 4. The number of nitrogens with zero attached hydrogens (tertiary/aromatic N) is 3. The van der Waals surface area contributed by atoms with Crippen LogP contribution in [0.15, 0.2) is 0 Å². The van der Waals surface area contributed by atoms with Gasteiger partial charge in [-0.2, -0.15) is 0 Å². The maximum absolute atomic E-state index is 12.6. The highest BCUT2D eigenvalue weighted by molar-refractivity contribution is 7.88. The number of hydrogen-bond donors (Lipinski definition) is 1. The molecule has 3 aliphatic rings. The van der Waals surface area contributed by atoms with Crippen LogP contribution in [0.4, 0.5) is 4.79 Å². The van der Waals surface area contributed by atoms with Crippen LogP contribution >= 0.6 is 0 Å². The summed E-state index contributed by atoms with van der Waals surface area (Å²) in [7, 11) is -1.71. The van der Waals surface area contributed by atoms with Gasteiger partial charge in [-0.15, -0.1) is 0 Å². The third-order valence-electron chi connectivity index (χ3n) is 5.85. The van der Waals surface area contributed by atoms with E-state index in [1.807, 2.05) is 0 Å². The van der Waals surface area contributed by atoms with Crippen molar-refractivity contribution in [3.05, 3.63) is 0 Å². The molecule has 10 heteroatoms. The molecule has 2 heterocycles. The summed E-state index contributed by atoms with van der Waals surface area (Å²) >= 11 is 0. The van der Waals surface area contributed by atoms with Crippen LogP contribution < -0.4 is 5.32 Å². The van der Waals surface area contributed by atoms with Gasteiger partial charge < -0.3 is 10.2 Å². The second-order valence-electron chi connectivity index (χ2n) is 7.50. The number of urea groups is 1. The number of carbonyl (C=O) groups is 3. The van der Waals surface area contributed by atoms with Crippen molar-refractivity contribution in [3.8, 4) is 0 Å². The molecule has 3 fully saturated rings. The zero-order chi connectivity index (χ0) is 19.1. The fourth-order valence-electron chi connectivity index (χ4n) is 4.12. The first-order valence-corrected chi connectivity index (χ1v) is 10.8. The SMILES string of the molecule is CN(C1CCN(C(=O)CN2C(=O)NC3(CCCC3)C2=O)CC1)S(C)(=O)=O. The molecule has 0 atom stereocenters. The van der Waals surface area contributed by atoms with Crippen molar-refractivity contribution in [2.75, 3.05) is 32.9 Å². The molecule has 1 spiro atoms. The summed E-state index contributed by atoms with van der Waals surface area (Å²) in [5.74, 6) is -0.566. The number of nitrogens with one attached hydrogen (secondary N) is 1. The number of likely N-dealkylation sites (tertiary alicyclic amines) is 1. The lowest BCUT2D eigenvalue weighted by molar-refractivity contribution is -0.139. The van der Waals surface area contributed by atoms with Crippen LogP contribution in [-0.4, -0.2) is 84.9 Å². The molecule has 2 saturated heterocycles. The van der Waals surface area contributed by atoms with Gasteiger partial charge in [0.25, 0.3) is 5.91 Å². The van der Waals surface area contributed by atoms with Crippen molar-refractivity contribution in [3.63, 3.8) is 0 Å². The summed E-state index contributed by atoms with van der Waals surface area (Å²) in [5, 5.41) is 2.77. The van der Waals surface area contributed by atoms with E-state index in [-0.39, 0.29) is 24.4 Å². The molecular formula is C16H26N4O5S. The van der Waals surface area contributed by atoms with Gasteiger partial charge in [0.15, 0.2) is 0 Å². The van der Waals surface area contributed by atoms with E-state index >= 15 is 0 Å². The molecule has 9 nitrogen and oxygen atoms in total. The summed E-state index contributed by atoms with van der Waals surface area (Å²) < 4.78 is 24.6. The minimum Gasteiger partial charge on any atom is -0.341 e. The third kappa shape index (κ3) is 3.44. The molecule has 0 bridgehead atoms. The quantitative estimate of drug-likeness (QED) is 0.670. The molecule has 4 amide bonds. The van der Waals surface area contributed by atoms with Crippen molar-refractivity contribution < 1.29 is 22.8 Å². The summed E-state index contributed by atoms with van der Waals surface area (Å²) in [6, 6.07) is -0.621. The van der Waals surface area contributed by atoms with E-state index in [2.05, 4.69) is 5.32 Å². The highest BCUT2D eigenvalue weighted by Crippen LogP contribution is 2.35. The number of sulfonamides is 1. The van der Waals surface area contributed by atoms with Gasteiger partial charge in [-0.05, 0) is 25.7 Å². The van der Waals surface area contributed by atoms with E-state index < -0.39 is 21.6 Å². The van der Waals surface area contributed by atoms with Crippen LogP contribution in [-0.2, 0) is 19.6 Å². The minimum absolute atomic E-state index is 0.132. The molecule has 2 aliphatic heterocycles. The molecule has 0 aromatic heterocycles. The molecule has 3 rings (SSSR count). The highest BCUT2D eigenvalue weighted by atomic mass is 32.2. The van der Waals surface area contributed by atoms with E-state index in [4.69, 9.17) is 0 Å². The van der Waals surface area contributed by atoms with Gasteiger partial charge in [-0.25, -0.2) is 17.5 Å². The minimum atomic E-state index is -3.26. The predicted molar refractivity (Wildman–Crippen MR) is 93.7 cm³/mol. The molecule has 26 heavy (non-hydrogen) atoms. The van der Waals surface area contributed by atoms with Crippen molar-refractivity contribution >= 4 is 27.9 Å². The zero-order valence-electron chi connectivity index (χ0n) is 15.2. The van der Waals surface area contributed by atoms with Crippen LogP contribution in [0.5, 0.6) is 0 Å². The molecule has 1 saturated carbocycles. The number of amides is 4. The number of carbonyl (C=O) groups excluding carboxylic acids is 3. The Kier molecular flexibility index (Phi) is 5.00. The summed E-state index contributed by atoms with van der Waals surface area (Å²) in [4.78, 5) is 40.0. The first-order valence-electron chi connectivity index (χ1n) is 8.99. The number of piperidine rings is 1. The Balaban J connectivity index is 1.57. The summed E-state index contributed by atoms with van der Waals surface area (Å²) in [6.45, 7) is 0.579. The average molecular weight is 386 g/mol. The first-order chi connectivity index (χ1) is 12.1. The van der Waals surface area contributed by atoms with E-state index in [0.29, 0.717) is 38.8 Å². The Labute approximate surface area is 153 Å². The molecule has 0 radical (unpaired) electrons. The predicted octanol–water partition coefficient (Wildman–Crippen LogP) is -0.267. The molecular weight excluding hydrogens is 360 g/mol. The van der Waals surface area contributed by atoms with E-state index in [0.717, 1.165) is 17.7 Å². The Hall–Kier alpha value is -1.68. The van der Waals surface area contributed by atoms with Gasteiger partial charge in [0.05, 0.1) is 6.26 Å². The van der Waals surface area contributed by atoms with E-state index in [1.54, 1.807) is 11.9 Å². The normalized spacial score (nSPS) is 24.0. The fraction of sp³-hybridized carbons (Fsp3) is 0.812. The van der Waals surface area contributed by atoms with Crippen LogP contribution in [0.2, 0.25) is 0 Å². The van der Waals surface area contributed by atoms with Crippen LogP contribution in [0.25, 0.3) is 0 Å².